The van der Waals surface area contributed by atoms with Gasteiger partial charge >= 0.3 is 0 Å². The van der Waals surface area contributed by atoms with Crippen LogP contribution in [0, 0.1) is 0 Å². The number of fused-ring (bicyclic) bond motifs is 1. The standard InChI is InChI=1S/C23H26N4O4/c1-15(28)24-21-19-14-18(31-3)8-9-20(19)25-22(21)23(29)27-12-10-26(11-13-27)16-4-6-17(30-2)7-5-16/h4-9,14,25H,10-13H2,1-3H3,(H,24,28). The zero-order valence-corrected chi connectivity index (χ0v) is 17.9. The number of nitrogens with one attached hydrogen (secondary N) is 2. The molecule has 2 amide bonds. The molecule has 1 aliphatic rings. The molecular weight excluding hydrogens is 396 g/mol. The molecule has 31 heavy (non-hydrogen) atoms. The molecule has 2 N–H and O–H groups in total. The van der Waals surface area contributed by atoms with Crippen LogP contribution in [0.3, 0.4) is 0 Å². The van der Waals surface area contributed by atoms with Crippen molar-refractivity contribution < 1.29 is 19.1 Å². The predicted molar refractivity (Wildman–Crippen MR) is 120 cm³/mol. The average molecular weight is 422 g/mol. The lowest BCUT2D eigenvalue weighted by atomic mass is 10.2. The Kier molecular flexibility index (Phi) is 5.70. The molecule has 1 aliphatic heterocycles. The number of carbonyl (C=O) groups is 2. The first-order chi connectivity index (χ1) is 15.0. The summed E-state index contributed by atoms with van der Waals surface area (Å²) in [6.07, 6.45) is 0. The van der Waals surface area contributed by atoms with E-state index < -0.39 is 0 Å². The summed E-state index contributed by atoms with van der Waals surface area (Å²) < 4.78 is 10.5. The predicted octanol–water partition coefficient (Wildman–Crippen LogP) is 3.11. The second-order valence-electron chi connectivity index (χ2n) is 7.44. The molecule has 0 saturated carbocycles. The molecule has 1 aromatic heterocycles. The third-order valence-corrected chi connectivity index (χ3v) is 5.53. The molecule has 0 radical (unpaired) electrons. The van der Waals surface area contributed by atoms with Gasteiger partial charge in [0.05, 0.1) is 19.9 Å². The molecule has 0 atom stereocenters. The first-order valence-corrected chi connectivity index (χ1v) is 10.2. The summed E-state index contributed by atoms with van der Waals surface area (Å²) in [5.74, 6) is 1.11. The van der Waals surface area contributed by atoms with Crippen molar-refractivity contribution in [2.45, 2.75) is 6.92 Å². The van der Waals surface area contributed by atoms with Crippen molar-refractivity contribution in [3.63, 3.8) is 0 Å². The van der Waals surface area contributed by atoms with Crippen molar-refractivity contribution in [2.75, 3.05) is 50.6 Å². The number of aromatic nitrogens is 1. The molecule has 0 bridgehead atoms. The average Bonchev–Trinajstić information content (AvgIpc) is 3.15. The largest absolute Gasteiger partial charge is 0.497 e. The van der Waals surface area contributed by atoms with E-state index in [4.69, 9.17) is 9.47 Å². The van der Waals surface area contributed by atoms with Crippen molar-refractivity contribution in [1.29, 1.82) is 0 Å². The molecule has 1 saturated heterocycles. The number of hydrogen-bond donors (Lipinski definition) is 2. The van der Waals surface area contributed by atoms with Crippen molar-refractivity contribution in [2.24, 2.45) is 0 Å². The highest BCUT2D eigenvalue weighted by molar-refractivity contribution is 6.12. The summed E-state index contributed by atoms with van der Waals surface area (Å²) in [6.45, 7) is 4.05. The second kappa shape index (κ2) is 8.59. The van der Waals surface area contributed by atoms with Crippen molar-refractivity contribution >= 4 is 34.1 Å². The Balaban J connectivity index is 1.54. The third kappa shape index (κ3) is 4.14. The monoisotopic (exact) mass is 422 g/mol. The molecule has 1 fully saturated rings. The quantitative estimate of drug-likeness (QED) is 0.660. The molecule has 162 valence electrons. The minimum Gasteiger partial charge on any atom is -0.497 e. The second-order valence-corrected chi connectivity index (χ2v) is 7.44. The molecule has 3 aromatic rings. The molecule has 8 nitrogen and oxygen atoms in total. The van der Waals surface area contributed by atoms with Crippen LogP contribution in [0.1, 0.15) is 17.4 Å². The smallest absolute Gasteiger partial charge is 0.272 e. The number of ether oxygens (including phenoxy) is 2. The number of nitrogens with zero attached hydrogens (tertiary/aromatic N) is 2. The van der Waals surface area contributed by atoms with E-state index in [1.54, 1.807) is 14.2 Å². The molecular formula is C23H26N4O4. The van der Waals surface area contributed by atoms with Gasteiger partial charge in [-0.2, -0.15) is 0 Å². The normalized spacial score (nSPS) is 13.9. The van der Waals surface area contributed by atoms with Gasteiger partial charge in [0.1, 0.15) is 17.2 Å². The van der Waals surface area contributed by atoms with Gasteiger partial charge in [-0.05, 0) is 42.5 Å². The van der Waals surface area contributed by atoms with Gasteiger partial charge in [-0.25, -0.2) is 0 Å². The highest BCUT2D eigenvalue weighted by Gasteiger charge is 2.27. The number of methoxy groups -OCH3 is 2. The van der Waals surface area contributed by atoms with E-state index in [9.17, 15) is 9.59 Å². The number of carbonyl (C=O) groups excluding carboxylic acids is 2. The van der Waals surface area contributed by atoms with Crippen molar-refractivity contribution in [1.82, 2.24) is 9.88 Å². The van der Waals surface area contributed by atoms with E-state index in [1.165, 1.54) is 6.92 Å². The van der Waals surface area contributed by atoms with Crippen LogP contribution in [0.25, 0.3) is 10.9 Å². The zero-order chi connectivity index (χ0) is 22.0. The number of hydrogen-bond acceptors (Lipinski definition) is 5. The fourth-order valence-electron chi connectivity index (χ4n) is 3.88. The molecule has 2 heterocycles. The number of H-pyrrole nitrogens is 1. The lowest BCUT2D eigenvalue weighted by Gasteiger charge is -2.36. The first-order valence-electron chi connectivity index (χ1n) is 10.2. The fourth-order valence-corrected chi connectivity index (χ4v) is 3.88. The van der Waals surface area contributed by atoms with E-state index in [0.717, 1.165) is 35.4 Å². The maximum atomic E-state index is 13.3. The van der Waals surface area contributed by atoms with Crippen LogP contribution in [0.4, 0.5) is 11.4 Å². The minimum atomic E-state index is -0.234. The molecule has 0 unspecified atom stereocenters. The lowest BCUT2D eigenvalue weighted by Crippen LogP contribution is -2.49. The Morgan fingerprint density at radius 2 is 1.58 bits per heavy atom. The van der Waals surface area contributed by atoms with Crippen LogP contribution in [0.2, 0.25) is 0 Å². The van der Waals surface area contributed by atoms with Gasteiger partial charge in [0, 0.05) is 49.7 Å². The number of aromatic amines is 1. The van der Waals surface area contributed by atoms with E-state index in [-0.39, 0.29) is 11.8 Å². The van der Waals surface area contributed by atoms with Crippen LogP contribution >= 0.6 is 0 Å². The third-order valence-electron chi connectivity index (χ3n) is 5.53. The van der Waals surface area contributed by atoms with Crippen molar-refractivity contribution in [3.05, 3.63) is 48.2 Å². The molecule has 8 heteroatoms. The Morgan fingerprint density at radius 3 is 2.19 bits per heavy atom. The number of amides is 2. The van der Waals surface area contributed by atoms with Crippen LogP contribution in [0.5, 0.6) is 11.5 Å². The van der Waals surface area contributed by atoms with Gasteiger partial charge in [0.15, 0.2) is 0 Å². The summed E-state index contributed by atoms with van der Waals surface area (Å²) in [7, 11) is 3.23. The van der Waals surface area contributed by atoms with Crippen LogP contribution in [-0.2, 0) is 4.79 Å². The highest BCUT2D eigenvalue weighted by atomic mass is 16.5. The van der Waals surface area contributed by atoms with Crippen molar-refractivity contribution in [3.8, 4) is 11.5 Å². The highest BCUT2D eigenvalue weighted by Crippen LogP contribution is 2.32. The first kappa shape index (κ1) is 20.6. The molecule has 4 rings (SSSR count). The van der Waals surface area contributed by atoms with E-state index in [1.807, 2.05) is 47.4 Å². The van der Waals surface area contributed by atoms with E-state index >= 15 is 0 Å². The number of piperazine rings is 1. The van der Waals surface area contributed by atoms with Gasteiger partial charge in [-0.3, -0.25) is 9.59 Å². The van der Waals surface area contributed by atoms with Gasteiger partial charge in [-0.15, -0.1) is 0 Å². The van der Waals surface area contributed by atoms with Crippen LogP contribution < -0.4 is 19.7 Å². The summed E-state index contributed by atoms with van der Waals surface area (Å²) in [5, 5.41) is 3.56. The summed E-state index contributed by atoms with van der Waals surface area (Å²) in [6, 6.07) is 13.4. The Labute approximate surface area is 180 Å². The van der Waals surface area contributed by atoms with Crippen LogP contribution in [-0.4, -0.2) is 62.1 Å². The maximum Gasteiger partial charge on any atom is 0.272 e. The SMILES string of the molecule is COc1ccc(N2CCN(C(=O)c3[nH]c4ccc(OC)cc4c3NC(C)=O)CC2)cc1. The van der Waals surface area contributed by atoms with Gasteiger partial charge in [-0.1, -0.05) is 0 Å². The Morgan fingerprint density at radius 1 is 0.935 bits per heavy atom. The summed E-state index contributed by atoms with van der Waals surface area (Å²) in [4.78, 5) is 32.4. The zero-order valence-electron chi connectivity index (χ0n) is 17.9. The van der Waals surface area contributed by atoms with Gasteiger partial charge in [0.2, 0.25) is 5.91 Å². The number of anilines is 2. The molecule has 0 aliphatic carbocycles. The Hall–Kier alpha value is -3.68. The molecule has 0 spiro atoms. The molecule has 2 aromatic carbocycles. The minimum absolute atomic E-state index is 0.131. The number of benzene rings is 2. The van der Waals surface area contributed by atoms with Gasteiger partial charge < -0.3 is 29.6 Å². The van der Waals surface area contributed by atoms with E-state index in [2.05, 4.69) is 15.2 Å². The van der Waals surface area contributed by atoms with Gasteiger partial charge in [0.25, 0.3) is 5.91 Å². The number of rotatable bonds is 5. The lowest BCUT2D eigenvalue weighted by molar-refractivity contribution is -0.114. The fraction of sp³-hybridized carbons (Fsp3) is 0.304. The van der Waals surface area contributed by atoms with E-state index in [0.29, 0.717) is 30.2 Å². The van der Waals surface area contributed by atoms with Crippen LogP contribution in [0.15, 0.2) is 42.5 Å². The summed E-state index contributed by atoms with van der Waals surface area (Å²) in [5.41, 5.74) is 2.75. The topological polar surface area (TPSA) is 86.9 Å². The Bertz CT molecular complexity index is 1100. The summed E-state index contributed by atoms with van der Waals surface area (Å²) >= 11 is 0. The maximum absolute atomic E-state index is 13.3.